The number of sulfone groups is 1. The summed E-state index contributed by atoms with van der Waals surface area (Å²) in [6, 6.07) is 6.70. The van der Waals surface area contributed by atoms with Gasteiger partial charge in [0, 0.05) is 11.8 Å². The van der Waals surface area contributed by atoms with Crippen molar-refractivity contribution in [2.24, 2.45) is 0 Å². The second-order valence-corrected chi connectivity index (χ2v) is 6.31. The molecule has 1 heterocycles. The smallest absolute Gasteiger partial charge is 0.175 e. The zero-order valence-electron chi connectivity index (χ0n) is 10.5. The van der Waals surface area contributed by atoms with Crippen LogP contribution in [-0.2, 0) is 9.84 Å². The number of hydrogen-bond acceptors (Lipinski definition) is 4. The van der Waals surface area contributed by atoms with Crippen LogP contribution in [-0.4, -0.2) is 24.9 Å². The minimum atomic E-state index is -3.16. The Bertz CT molecular complexity index is 677. The molecule has 18 heavy (non-hydrogen) atoms. The van der Waals surface area contributed by atoms with Gasteiger partial charge in [-0.15, -0.1) is 0 Å². The number of rotatable bonds is 2. The molecule has 0 saturated carbocycles. The second kappa shape index (κ2) is 4.49. The first-order valence-electron chi connectivity index (χ1n) is 5.49. The van der Waals surface area contributed by atoms with Crippen LogP contribution < -0.4 is 0 Å². The Labute approximate surface area is 107 Å². The molecule has 0 saturated heterocycles. The lowest BCUT2D eigenvalue weighted by atomic mass is 10.0. The molecule has 0 aliphatic carbocycles. The van der Waals surface area contributed by atoms with Crippen molar-refractivity contribution in [3.63, 3.8) is 0 Å². The molecule has 94 valence electrons. The van der Waals surface area contributed by atoms with E-state index < -0.39 is 9.84 Å². The van der Waals surface area contributed by atoms with Gasteiger partial charge < -0.3 is 0 Å². The van der Waals surface area contributed by atoms with Crippen LogP contribution in [0.5, 0.6) is 0 Å². The van der Waals surface area contributed by atoms with Gasteiger partial charge in [0.2, 0.25) is 0 Å². The molecule has 0 unspecified atom stereocenters. The molecule has 0 spiro atoms. The van der Waals surface area contributed by atoms with Gasteiger partial charge in [0.1, 0.15) is 0 Å². The molecule has 0 aliphatic rings. The quantitative estimate of drug-likeness (QED) is 0.832. The van der Waals surface area contributed by atoms with Gasteiger partial charge in [-0.1, -0.05) is 12.1 Å². The summed E-state index contributed by atoms with van der Waals surface area (Å²) in [5.41, 5.74) is 3.77. The van der Waals surface area contributed by atoms with E-state index in [0.717, 1.165) is 22.4 Å². The van der Waals surface area contributed by atoms with E-state index in [1.54, 1.807) is 30.5 Å². The highest BCUT2D eigenvalue weighted by Gasteiger charge is 2.09. The maximum Gasteiger partial charge on any atom is 0.175 e. The van der Waals surface area contributed by atoms with Crippen molar-refractivity contribution in [2.75, 3.05) is 6.26 Å². The molecule has 5 heteroatoms. The van der Waals surface area contributed by atoms with Crippen LogP contribution >= 0.6 is 0 Å². The Hall–Kier alpha value is -1.75. The lowest BCUT2D eigenvalue weighted by Crippen LogP contribution is -1.98. The van der Waals surface area contributed by atoms with E-state index in [1.165, 1.54) is 6.26 Å². The lowest BCUT2D eigenvalue weighted by Gasteiger charge is -2.07. The molecule has 0 atom stereocenters. The number of benzene rings is 1. The predicted molar refractivity (Wildman–Crippen MR) is 70.1 cm³/mol. The van der Waals surface area contributed by atoms with E-state index in [4.69, 9.17) is 0 Å². The molecule has 4 nitrogen and oxygen atoms in total. The summed E-state index contributed by atoms with van der Waals surface area (Å²) >= 11 is 0. The first-order valence-corrected chi connectivity index (χ1v) is 7.38. The lowest BCUT2D eigenvalue weighted by molar-refractivity contribution is 0.602. The van der Waals surface area contributed by atoms with Crippen molar-refractivity contribution in [3.8, 4) is 11.3 Å². The average Bonchev–Trinajstić information content (AvgIpc) is 2.32. The minimum Gasteiger partial charge on any atom is -0.224 e. The zero-order valence-corrected chi connectivity index (χ0v) is 11.3. The molecule has 0 radical (unpaired) electrons. The molecule has 2 rings (SSSR count). The Kier molecular flexibility index (Phi) is 3.17. The average molecular weight is 262 g/mol. The van der Waals surface area contributed by atoms with Gasteiger partial charge in [0.25, 0.3) is 0 Å². The highest BCUT2D eigenvalue weighted by atomic mass is 32.2. The molecular weight excluding hydrogens is 248 g/mol. The van der Waals surface area contributed by atoms with Gasteiger partial charge in [0.15, 0.2) is 9.84 Å². The fraction of sp³-hybridized carbons (Fsp3) is 0.231. The van der Waals surface area contributed by atoms with Crippen LogP contribution in [0.3, 0.4) is 0 Å². The third-order valence-electron chi connectivity index (χ3n) is 2.91. The van der Waals surface area contributed by atoms with Crippen molar-refractivity contribution in [2.45, 2.75) is 18.7 Å². The van der Waals surface area contributed by atoms with E-state index in [0.29, 0.717) is 4.90 Å². The zero-order chi connectivity index (χ0) is 13.3. The third kappa shape index (κ3) is 2.41. The van der Waals surface area contributed by atoms with Crippen LogP contribution in [0.2, 0.25) is 0 Å². The third-order valence-corrected chi connectivity index (χ3v) is 4.04. The Balaban J connectivity index is 2.50. The summed E-state index contributed by atoms with van der Waals surface area (Å²) in [5, 5.41) is 8.03. The standard InChI is InChI=1S/C13H14N2O2S/c1-9-8-14-15-13(10(9)2)11-4-6-12(7-5-11)18(3,16)17/h4-8H,1-3H3. The number of nitrogens with zero attached hydrogens (tertiary/aromatic N) is 2. The molecule has 0 bridgehead atoms. The monoisotopic (exact) mass is 262 g/mol. The van der Waals surface area contributed by atoms with E-state index >= 15 is 0 Å². The summed E-state index contributed by atoms with van der Waals surface area (Å²) in [6.07, 6.45) is 2.91. The van der Waals surface area contributed by atoms with Crippen molar-refractivity contribution in [1.82, 2.24) is 10.2 Å². The fourth-order valence-corrected chi connectivity index (χ4v) is 2.30. The van der Waals surface area contributed by atoms with Crippen LogP contribution in [0.1, 0.15) is 11.1 Å². The normalized spacial score (nSPS) is 11.5. The highest BCUT2D eigenvalue weighted by Crippen LogP contribution is 2.23. The summed E-state index contributed by atoms with van der Waals surface area (Å²) < 4.78 is 22.7. The Morgan fingerprint density at radius 3 is 2.22 bits per heavy atom. The minimum absolute atomic E-state index is 0.310. The summed E-state index contributed by atoms with van der Waals surface area (Å²) in [6.45, 7) is 3.95. The molecule has 1 aromatic heterocycles. The summed E-state index contributed by atoms with van der Waals surface area (Å²) in [7, 11) is -3.16. The van der Waals surface area contributed by atoms with Crippen LogP contribution in [0, 0.1) is 13.8 Å². The Morgan fingerprint density at radius 2 is 1.67 bits per heavy atom. The van der Waals surface area contributed by atoms with Gasteiger partial charge in [-0.05, 0) is 37.1 Å². The van der Waals surface area contributed by atoms with Crippen LogP contribution in [0.15, 0.2) is 35.4 Å². The molecule has 2 aromatic rings. The van der Waals surface area contributed by atoms with E-state index in [-0.39, 0.29) is 0 Å². The SMILES string of the molecule is Cc1cnnc(-c2ccc(S(C)(=O)=O)cc2)c1C. The number of aromatic nitrogens is 2. The number of aryl methyl sites for hydroxylation is 1. The van der Waals surface area contributed by atoms with E-state index in [1.807, 2.05) is 13.8 Å². The van der Waals surface area contributed by atoms with E-state index in [9.17, 15) is 8.42 Å². The van der Waals surface area contributed by atoms with Crippen molar-refractivity contribution >= 4 is 9.84 Å². The number of hydrogen-bond donors (Lipinski definition) is 0. The molecular formula is C13H14N2O2S. The first-order chi connectivity index (χ1) is 8.39. The van der Waals surface area contributed by atoms with Crippen molar-refractivity contribution in [1.29, 1.82) is 0 Å². The highest BCUT2D eigenvalue weighted by molar-refractivity contribution is 7.90. The van der Waals surface area contributed by atoms with Crippen molar-refractivity contribution < 1.29 is 8.42 Å². The van der Waals surface area contributed by atoms with Gasteiger partial charge >= 0.3 is 0 Å². The second-order valence-electron chi connectivity index (χ2n) is 4.30. The largest absolute Gasteiger partial charge is 0.224 e. The van der Waals surface area contributed by atoms with Crippen LogP contribution in [0.4, 0.5) is 0 Å². The Morgan fingerprint density at radius 1 is 1.06 bits per heavy atom. The van der Waals surface area contributed by atoms with Crippen LogP contribution in [0.25, 0.3) is 11.3 Å². The van der Waals surface area contributed by atoms with E-state index in [2.05, 4.69) is 10.2 Å². The maximum absolute atomic E-state index is 11.4. The topological polar surface area (TPSA) is 59.9 Å². The molecule has 0 fully saturated rings. The van der Waals surface area contributed by atoms with Gasteiger partial charge in [-0.3, -0.25) is 0 Å². The fourth-order valence-electron chi connectivity index (χ4n) is 1.67. The molecule has 0 N–H and O–H groups in total. The van der Waals surface area contributed by atoms with Gasteiger partial charge in [-0.2, -0.15) is 10.2 Å². The van der Waals surface area contributed by atoms with Gasteiger partial charge in [-0.25, -0.2) is 8.42 Å². The maximum atomic E-state index is 11.4. The molecule has 1 aromatic carbocycles. The summed E-state index contributed by atoms with van der Waals surface area (Å²) in [4.78, 5) is 0.310. The predicted octanol–water partition coefficient (Wildman–Crippen LogP) is 2.16. The van der Waals surface area contributed by atoms with Crippen molar-refractivity contribution in [3.05, 3.63) is 41.6 Å². The molecule has 0 amide bonds. The first kappa shape index (κ1) is 12.7. The van der Waals surface area contributed by atoms with Gasteiger partial charge in [0.05, 0.1) is 16.8 Å². The molecule has 0 aliphatic heterocycles. The summed E-state index contributed by atoms with van der Waals surface area (Å²) in [5.74, 6) is 0.